The highest BCUT2D eigenvalue weighted by atomic mass is 16.5. The van der Waals surface area contributed by atoms with Gasteiger partial charge in [-0.3, -0.25) is 9.48 Å². The first-order valence-electron chi connectivity index (χ1n) is 13.1. The average Bonchev–Trinajstić information content (AvgIpc) is 3.21. The summed E-state index contributed by atoms with van der Waals surface area (Å²) in [5.74, 6) is -0.563. The molecule has 3 N–H and O–H groups in total. The fraction of sp³-hybridized carbons (Fsp3) is 0.680. The Labute approximate surface area is 212 Å². The van der Waals surface area contributed by atoms with Crippen LogP contribution in [0.3, 0.4) is 0 Å². The number of amides is 1. The minimum absolute atomic E-state index is 0.0474. The van der Waals surface area contributed by atoms with Gasteiger partial charge < -0.3 is 30.5 Å². The summed E-state index contributed by atoms with van der Waals surface area (Å²) in [5, 5.41) is 24.7. The van der Waals surface area contributed by atoms with Crippen LogP contribution in [0.4, 0.5) is 5.69 Å². The Bertz CT molecular complexity index is 1050. The minimum Gasteiger partial charge on any atom is -0.372 e. The molecule has 0 spiro atoms. The molecule has 5 heterocycles. The third kappa shape index (κ3) is 5.20. The molecule has 3 saturated heterocycles. The fourth-order valence-corrected chi connectivity index (χ4v) is 5.79. The molecule has 36 heavy (non-hydrogen) atoms. The number of nitriles is 1. The number of allylic oxidation sites excluding steroid dienone is 1. The number of hydrogen-bond acceptors (Lipinski definition) is 9. The molecule has 1 aromatic heterocycles. The number of aromatic nitrogens is 2. The number of rotatable bonds is 8. The van der Waals surface area contributed by atoms with Gasteiger partial charge in [0.05, 0.1) is 17.4 Å². The number of nitrogens with one attached hydrogen (secondary N) is 3. The average molecular weight is 496 g/mol. The zero-order valence-electron chi connectivity index (χ0n) is 21.2. The van der Waals surface area contributed by atoms with E-state index in [0.717, 1.165) is 43.6 Å². The van der Waals surface area contributed by atoms with E-state index in [1.165, 1.54) is 12.8 Å². The number of nitrogens with zero attached hydrogens (tertiary/aromatic N) is 6. The summed E-state index contributed by atoms with van der Waals surface area (Å²) in [6, 6.07) is 3.94. The lowest BCUT2D eigenvalue weighted by atomic mass is 9.98. The van der Waals surface area contributed by atoms with Crippen LogP contribution in [-0.4, -0.2) is 89.5 Å². The van der Waals surface area contributed by atoms with Crippen molar-refractivity contribution in [2.75, 3.05) is 45.2 Å². The van der Waals surface area contributed by atoms with Crippen LogP contribution in [-0.2, 0) is 9.53 Å². The number of carbonyl (C=O) groups is 1. The molecule has 4 aliphatic heterocycles. The van der Waals surface area contributed by atoms with Gasteiger partial charge in [-0.05, 0) is 58.6 Å². The maximum Gasteiger partial charge on any atom is 0.298 e. The highest BCUT2D eigenvalue weighted by Crippen LogP contribution is 2.40. The predicted octanol–water partition coefficient (Wildman–Crippen LogP) is 1.32. The fourth-order valence-electron chi connectivity index (χ4n) is 5.79. The van der Waals surface area contributed by atoms with Crippen LogP contribution >= 0.6 is 0 Å². The van der Waals surface area contributed by atoms with E-state index in [2.05, 4.69) is 43.6 Å². The molecule has 4 aliphatic rings. The van der Waals surface area contributed by atoms with E-state index in [0.29, 0.717) is 43.6 Å². The number of anilines is 1. The molecule has 11 heteroatoms. The smallest absolute Gasteiger partial charge is 0.298 e. The van der Waals surface area contributed by atoms with E-state index >= 15 is 0 Å². The Kier molecular flexibility index (Phi) is 7.16. The van der Waals surface area contributed by atoms with Crippen molar-refractivity contribution < 1.29 is 9.53 Å². The minimum atomic E-state index is -1.32. The van der Waals surface area contributed by atoms with Gasteiger partial charge in [0.1, 0.15) is 18.5 Å². The quantitative estimate of drug-likeness (QED) is 0.462. The van der Waals surface area contributed by atoms with E-state index in [-0.39, 0.29) is 12.5 Å². The van der Waals surface area contributed by atoms with Crippen LogP contribution in [0, 0.1) is 18.3 Å². The van der Waals surface area contributed by atoms with Gasteiger partial charge in [-0.2, -0.15) is 10.4 Å². The largest absolute Gasteiger partial charge is 0.372 e. The van der Waals surface area contributed by atoms with E-state index in [1.807, 2.05) is 24.1 Å². The Morgan fingerprint density at radius 1 is 1.31 bits per heavy atom. The van der Waals surface area contributed by atoms with Gasteiger partial charge in [-0.1, -0.05) is 0 Å². The molecule has 2 bridgehead atoms. The molecule has 0 aromatic carbocycles. The van der Waals surface area contributed by atoms with E-state index in [1.54, 1.807) is 6.21 Å². The van der Waals surface area contributed by atoms with Crippen molar-refractivity contribution in [2.24, 2.45) is 4.99 Å². The summed E-state index contributed by atoms with van der Waals surface area (Å²) in [7, 11) is 2.24. The summed E-state index contributed by atoms with van der Waals surface area (Å²) in [4.78, 5) is 20.9. The summed E-state index contributed by atoms with van der Waals surface area (Å²) < 4.78 is 7.38. The Balaban J connectivity index is 1.16. The number of hydrogen-bond donors (Lipinski definition) is 3. The van der Waals surface area contributed by atoms with Crippen molar-refractivity contribution in [1.82, 2.24) is 30.2 Å². The van der Waals surface area contributed by atoms with Crippen molar-refractivity contribution in [2.45, 2.75) is 69.4 Å². The van der Waals surface area contributed by atoms with Crippen LogP contribution < -0.4 is 16.0 Å². The van der Waals surface area contributed by atoms with Crippen molar-refractivity contribution in [3.63, 3.8) is 0 Å². The van der Waals surface area contributed by atoms with Gasteiger partial charge in [-0.25, -0.2) is 4.99 Å². The molecule has 0 aliphatic carbocycles. The molecule has 3 fully saturated rings. The monoisotopic (exact) mass is 495 g/mol. The molecule has 1 amide bonds. The molecular weight excluding hydrogens is 458 g/mol. The van der Waals surface area contributed by atoms with Gasteiger partial charge in [-0.15, -0.1) is 0 Å². The zero-order valence-corrected chi connectivity index (χ0v) is 21.2. The molecule has 3 atom stereocenters. The zero-order chi connectivity index (χ0) is 25.1. The number of piperidine rings is 1. The molecule has 5 rings (SSSR count). The maximum absolute atomic E-state index is 12.1. The molecule has 194 valence electrons. The summed E-state index contributed by atoms with van der Waals surface area (Å²) in [6.45, 7) is 4.84. The van der Waals surface area contributed by atoms with Crippen LogP contribution in [0.5, 0.6) is 0 Å². The molecule has 0 radical (unpaired) electrons. The summed E-state index contributed by atoms with van der Waals surface area (Å²) >= 11 is 0. The number of aliphatic imine (C=N–C) groups is 1. The third-order valence-electron chi connectivity index (χ3n) is 7.88. The topological polar surface area (TPSA) is 123 Å². The summed E-state index contributed by atoms with van der Waals surface area (Å²) in [5.41, 5.74) is 1.65. The Morgan fingerprint density at radius 2 is 2.11 bits per heavy atom. The number of aryl methyl sites for hydroxylation is 1. The second kappa shape index (κ2) is 10.5. The van der Waals surface area contributed by atoms with Crippen LogP contribution in [0.2, 0.25) is 0 Å². The molecule has 11 nitrogen and oxygen atoms in total. The van der Waals surface area contributed by atoms with E-state index in [9.17, 15) is 10.1 Å². The Hall–Kier alpha value is -3.10. The first-order chi connectivity index (χ1) is 17.5. The first-order valence-corrected chi connectivity index (χ1v) is 13.1. The van der Waals surface area contributed by atoms with Gasteiger partial charge in [0.2, 0.25) is 5.91 Å². The van der Waals surface area contributed by atoms with Crippen molar-refractivity contribution in [1.29, 1.82) is 5.26 Å². The van der Waals surface area contributed by atoms with Crippen LogP contribution in [0.1, 0.15) is 50.3 Å². The maximum atomic E-state index is 12.1. The van der Waals surface area contributed by atoms with E-state index in [4.69, 9.17) is 9.84 Å². The highest BCUT2D eigenvalue weighted by Gasteiger charge is 2.40. The van der Waals surface area contributed by atoms with Crippen molar-refractivity contribution in [3.8, 4) is 6.07 Å². The molecular formula is C25H37N9O2. The standard InChI is InChI=1S/C25H37N9O2/c1-18-22(15-34(31-18)21-13-19-5-6-20(14-21)32(19)2)29-25(17-26)28-9-7-23(30-25)27-8-3-10-33-11-4-12-36-16-24(33)35/h7,9,15,19-21,27,29-30H,3-6,8,10-14,16H2,1-2H3. The van der Waals surface area contributed by atoms with Crippen LogP contribution in [0.25, 0.3) is 0 Å². The van der Waals surface area contributed by atoms with Gasteiger partial charge in [0, 0.05) is 50.7 Å². The molecule has 1 aromatic rings. The first kappa shape index (κ1) is 24.6. The normalized spacial score (nSPS) is 30.4. The molecule has 3 unspecified atom stereocenters. The molecule has 0 saturated carbocycles. The van der Waals surface area contributed by atoms with Crippen LogP contribution in [0.15, 0.2) is 23.1 Å². The second-order valence-corrected chi connectivity index (χ2v) is 10.3. The van der Waals surface area contributed by atoms with Gasteiger partial charge >= 0.3 is 0 Å². The number of carbonyl (C=O) groups excluding carboxylic acids is 1. The highest BCUT2D eigenvalue weighted by molar-refractivity contribution is 5.77. The lowest BCUT2D eigenvalue weighted by Crippen LogP contribution is -2.52. The number of fused-ring (bicyclic) bond motifs is 2. The predicted molar refractivity (Wildman–Crippen MR) is 136 cm³/mol. The van der Waals surface area contributed by atoms with Crippen molar-refractivity contribution in [3.05, 3.63) is 23.8 Å². The third-order valence-corrected chi connectivity index (χ3v) is 7.88. The SMILES string of the molecule is Cc1nn(C2CC3CCC(C2)N3C)cc1NC1(C#N)N=CC=C(NCCCN2CCCOCC2=O)N1. The summed E-state index contributed by atoms with van der Waals surface area (Å²) in [6.07, 6.45) is 11.9. The van der Waals surface area contributed by atoms with Gasteiger partial charge in [0.15, 0.2) is 0 Å². The Morgan fingerprint density at radius 3 is 2.89 bits per heavy atom. The van der Waals surface area contributed by atoms with E-state index < -0.39 is 5.79 Å². The van der Waals surface area contributed by atoms with Gasteiger partial charge in [0.25, 0.3) is 5.79 Å². The lowest BCUT2D eigenvalue weighted by Gasteiger charge is -2.36. The number of ether oxygens (including phenoxy) is 1. The lowest BCUT2D eigenvalue weighted by molar-refractivity contribution is -0.133. The second-order valence-electron chi connectivity index (χ2n) is 10.3. The van der Waals surface area contributed by atoms with Crippen molar-refractivity contribution >= 4 is 17.8 Å².